The molecule has 0 spiro atoms. The zero-order valence-corrected chi connectivity index (χ0v) is 14.9. The van der Waals surface area contributed by atoms with Crippen LogP contribution in [-0.4, -0.2) is 20.5 Å². The number of rotatable bonds is 5. The van der Waals surface area contributed by atoms with Crippen LogP contribution in [0, 0.1) is 13.8 Å². The molecule has 1 aromatic heterocycles. The molecule has 7 heteroatoms. The molecule has 0 fully saturated rings. The second-order valence-corrected chi connectivity index (χ2v) is 8.19. The molecule has 0 aliphatic rings. The van der Waals surface area contributed by atoms with Crippen molar-refractivity contribution in [2.24, 2.45) is 0 Å². The molecule has 5 nitrogen and oxygen atoms in total. The van der Waals surface area contributed by atoms with Crippen molar-refractivity contribution in [1.29, 1.82) is 0 Å². The van der Waals surface area contributed by atoms with Crippen LogP contribution in [0.3, 0.4) is 0 Å². The molecule has 0 saturated carbocycles. The van der Waals surface area contributed by atoms with Crippen LogP contribution in [0.5, 0.6) is 5.75 Å². The van der Waals surface area contributed by atoms with E-state index in [1.54, 1.807) is 26.0 Å². The lowest BCUT2D eigenvalue weighted by Gasteiger charge is -2.24. The maximum Gasteiger partial charge on any atom is 0.245 e. The Morgan fingerprint density at radius 2 is 1.95 bits per heavy atom. The van der Waals surface area contributed by atoms with Gasteiger partial charge in [0, 0.05) is 11.1 Å². The third-order valence-corrected chi connectivity index (χ3v) is 6.11. The van der Waals surface area contributed by atoms with Gasteiger partial charge in [0.2, 0.25) is 10.0 Å². The fraction of sp³-hybridized carbons (Fsp3) is 0.400. The monoisotopic (exact) mass is 340 g/mol. The number of hydrogen-bond acceptors (Lipinski definition) is 5. The number of methoxy groups -OCH3 is 1. The molecule has 1 N–H and O–H groups in total. The molecule has 1 heterocycles. The molecule has 0 atom stereocenters. The Morgan fingerprint density at radius 3 is 2.50 bits per heavy atom. The minimum Gasteiger partial charge on any atom is -0.495 e. The maximum atomic E-state index is 12.7. The Hall–Kier alpha value is -1.44. The summed E-state index contributed by atoms with van der Waals surface area (Å²) in [5, 5.41) is 2.62. The lowest BCUT2D eigenvalue weighted by Crippen LogP contribution is -2.41. The molecule has 0 amide bonds. The second-order valence-electron chi connectivity index (χ2n) is 5.68. The summed E-state index contributed by atoms with van der Waals surface area (Å²) in [5.41, 5.74) is 0.927. The smallest absolute Gasteiger partial charge is 0.245 e. The average Bonchev–Trinajstić information content (AvgIpc) is 2.85. The Bertz CT molecular complexity index is 780. The van der Waals surface area contributed by atoms with Crippen molar-refractivity contribution in [3.63, 3.8) is 0 Å². The zero-order valence-electron chi connectivity index (χ0n) is 13.3. The Morgan fingerprint density at radius 1 is 1.27 bits per heavy atom. The fourth-order valence-corrected chi connectivity index (χ4v) is 4.65. The lowest BCUT2D eigenvalue weighted by molar-refractivity contribution is 0.400. The molecule has 0 saturated heterocycles. The van der Waals surface area contributed by atoms with Crippen LogP contribution in [0.4, 0.5) is 0 Å². The Labute approximate surface area is 135 Å². The molecule has 2 aromatic rings. The summed E-state index contributed by atoms with van der Waals surface area (Å²) in [7, 11) is -2.27. The van der Waals surface area contributed by atoms with Crippen molar-refractivity contribution in [2.75, 3.05) is 7.11 Å². The van der Waals surface area contributed by atoms with Gasteiger partial charge in [-0.1, -0.05) is 6.07 Å². The van der Waals surface area contributed by atoms with E-state index in [0.29, 0.717) is 5.75 Å². The van der Waals surface area contributed by atoms with Gasteiger partial charge in [0.25, 0.3) is 0 Å². The number of thiazole rings is 1. The minimum atomic E-state index is -3.73. The van der Waals surface area contributed by atoms with E-state index in [2.05, 4.69) is 9.71 Å². The van der Waals surface area contributed by atoms with E-state index in [1.165, 1.54) is 18.4 Å². The first-order valence-electron chi connectivity index (χ1n) is 6.77. The van der Waals surface area contributed by atoms with Crippen LogP contribution in [0.25, 0.3) is 0 Å². The van der Waals surface area contributed by atoms with Crippen molar-refractivity contribution in [3.8, 4) is 5.75 Å². The van der Waals surface area contributed by atoms with Crippen molar-refractivity contribution < 1.29 is 13.2 Å². The average molecular weight is 340 g/mol. The maximum absolute atomic E-state index is 12.7. The molecule has 0 bridgehead atoms. The first-order chi connectivity index (χ1) is 10.2. The number of aromatic nitrogens is 1. The molecule has 0 unspecified atom stereocenters. The summed E-state index contributed by atoms with van der Waals surface area (Å²) < 4.78 is 33.4. The van der Waals surface area contributed by atoms with Crippen molar-refractivity contribution >= 4 is 21.4 Å². The summed E-state index contributed by atoms with van der Waals surface area (Å²) >= 11 is 1.44. The SMILES string of the molecule is COc1ccc(C)cc1S(=O)(=O)NC(C)(C)c1nc(C)cs1. The van der Waals surface area contributed by atoms with Crippen LogP contribution in [0.2, 0.25) is 0 Å². The zero-order chi connectivity index (χ0) is 16.5. The summed E-state index contributed by atoms with van der Waals surface area (Å²) in [6.45, 7) is 7.32. The molecule has 2 rings (SSSR count). The topological polar surface area (TPSA) is 68.3 Å². The van der Waals surface area contributed by atoms with Gasteiger partial charge >= 0.3 is 0 Å². The highest BCUT2D eigenvalue weighted by molar-refractivity contribution is 7.89. The number of nitrogens with one attached hydrogen (secondary N) is 1. The highest BCUT2D eigenvalue weighted by Gasteiger charge is 2.32. The number of ether oxygens (including phenoxy) is 1. The predicted molar refractivity (Wildman–Crippen MR) is 87.9 cm³/mol. The van der Waals surface area contributed by atoms with Crippen molar-refractivity contribution in [2.45, 2.75) is 38.1 Å². The first-order valence-corrected chi connectivity index (χ1v) is 9.13. The summed E-state index contributed by atoms with van der Waals surface area (Å²) in [6.07, 6.45) is 0. The highest BCUT2D eigenvalue weighted by Crippen LogP contribution is 2.29. The van der Waals surface area contributed by atoms with E-state index in [-0.39, 0.29) is 4.90 Å². The second kappa shape index (κ2) is 5.98. The molecular weight excluding hydrogens is 320 g/mol. The van der Waals surface area contributed by atoms with Crippen molar-refractivity contribution in [3.05, 3.63) is 39.8 Å². The summed E-state index contributed by atoms with van der Waals surface area (Å²) in [6, 6.07) is 5.07. The van der Waals surface area contributed by atoms with Crippen LogP contribution in [0.15, 0.2) is 28.5 Å². The molecule has 0 aliphatic carbocycles. The molecule has 1 aromatic carbocycles. The molecule has 22 heavy (non-hydrogen) atoms. The van der Waals surface area contributed by atoms with E-state index in [4.69, 9.17) is 4.74 Å². The van der Waals surface area contributed by atoms with Crippen molar-refractivity contribution in [1.82, 2.24) is 9.71 Å². The fourth-order valence-electron chi connectivity index (χ4n) is 2.07. The number of aryl methyl sites for hydroxylation is 2. The minimum absolute atomic E-state index is 0.136. The number of benzene rings is 1. The van der Waals surface area contributed by atoms with Crippen LogP contribution >= 0.6 is 11.3 Å². The Kier molecular flexibility index (Phi) is 4.60. The first kappa shape index (κ1) is 16.9. The normalized spacial score (nSPS) is 12.4. The number of nitrogens with zero attached hydrogens (tertiary/aromatic N) is 1. The highest BCUT2D eigenvalue weighted by atomic mass is 32.2. The standard InChI is InChI=1S/C15H20N2O3S2/c1-10-6-7-12(20-5)13(8-10)22(18,19)17-15(3,4)14-16-11(2)9-21-14/h6-9,17H,1-5H3. The molecule has 0 aliphatic heterocycles. The Balaban J connectivity index is 2.41. The van der Waals surface area contributed by atoms with Gasteiger partial charge < -0.3 is 4.74 Å². The number of sulfonamides is 1. The van der Waals surface area contributed by atoms with Gasteiger partial charge in [0.15, 0.2) is 0 Å². The van der Waals surface area contributed by atoms with Gasteiger partial charge in [-0.15, -0.1) is 11.3 Å². The quantitative estimate of drug-likeness (QED) is 0.908. The van der Waals surface area contributed by atoms with Crippen LogP contribution in [0.1, 0.15) is 30.1 Å². The third kappa shape index (κ3) is 3.48. The molecular formula is C15H20N2O3S2. The third-order valence-electron chi connectivity index (χ3n) is 3.15. The van der Waals surface area contributed by atoms with E-state index in [0.717, 1.165) is 16.3 Å². The van der Waals surface area contributed by atoms with E-state index >= 15 is 0 Å². The van der Waals surface area contributed by atoms with E-state index in [1.807, 2.05) is 25.3 Å². The van der Waals surface area contributed by atoms with E-state index in [9.17, 15) is 8.42 Å². The lowest BCUT2D eigenvalue weighted by atomic mass is 10.1. The predicted octanol–water partition coefficient (Wildman–Crippen LogP) is 2.98. The summed E-state index contributed by atoms with van der Waals surface area (Å²) in [5.74, 6) is 0.323. The van der Waals surface area contributed by atoms with Gasteiger partial charge in [0.05, 0.1) is 12.6 Å². The van der Waals surface area contributed by atoms with Gasteiger partial charge in [-0.2, -0.15) is 4.72 Å². The van der Waals surface area contributed by atoms with E-state index < -0.39 is 15.6 Å². The van der Waals surface area contributed by atoms with Crippen LogP contribution in [-0.2, 0) is 15.6 Å². The largest absolute Gasteiger partial charge is 0.495 e. The van der Waals surface area contributed by atoms with Gasteiger partial charge in [-0.3, -0.25) is 0 Å². The molecule has 120 valence electrons. The number of hydrogen-bond donors (Lipinski definition) is 1. The van der Waals surface area contributed by atoms with Gasteiger partial charge in [-0.05, 0) is 45.4 Å². The van der Waals surface area contributed by atoms with Crippen LogP contribution < -0.4 is 9.46 Å². The van der Waals surface area contributed by atoms with Gasteiger partial charge in [-0.25, -0.2) is 13.4 Å². The van der Waals surface area contributed by atoms with Gasteiger partial charge in [0.1, 0.15) is 15.7 Å². The molecule has 0 radical (unpaired) electrons. The summed E-state index contributed by atoms with van der Waals surface area (Å²) in [4.78, 5) is 4.52.